The Hall–Kier alpha value is -5.14. The van der Waals surface area contributed by atoms with Gasteiger partial charge in [0.2, 0.25) is 5.95 Å². The first-order chi connectivity index (χ1) is 23.8. The van der Waals surface area contributed by atoms with E-state index in [1.807, 2.05) is 13.0 Å². The van der Waals surface area contributed by atoms with E-state index in [1.165, 1.54) is 24.3 Å². The first-order valence-electron chi connectivity index (χ1n) is 16.0. The number of aromatic nitrogens is 2. The summed E-state index contributed by atoms with van der Waals surface area (Å²) in [6.45, 7) is 7.40. The van der Waals surface area contributed by atoms with Crippen molar-refractivity contribution in [2.75, 3.05) is 77.9 Å². The van der Waals surface area contributed by atoms with Crippen LogP contribution in [0.5, 0.6) is 28.7 Å². The summed E-state index contributed by atoms with van der Waals surface area (Å²) in [7, 11) is 6.73. The van der Waals surface area contributed by atoms with Gasteiger partial charge in [-0.05, 0) is 74.5 Å². The lowest BCUT2D eigenvalue weighted by molar-refractivity contribution is 0.145. The second kappa shape index (κ2) is 16.8. The Morgan fingerprint density at radius 2 is 1.65 bits per heavy atom. The molecule has 2 heterocycles. The zero-order valence-electron chi connectivity index (χ0n) is 28.6. The molecule has 1 aliphatic rings. The first kappa shape index (κ1) is 35.2. The van der Waals surface area contributed by atoms with E-state index in [0.29, 0.717) is 35.1 Å². The molecule has 0 atom stereocenters. The highest BCUT2D eigenvalue weighted by Crippen LogP contribution is 2.31. The molecule has 1 amide bonds. The molecule has 1 aliphatic heterocycles. The van der Waals surface area contributed by atoms with Gasteiger partial charge in [0.15, 0.2) is 23.1 Å². The maximum Gasteiger partial charge on any atom is 0.421 e. The van der Waals surface area contributed by atoms with Crippen LogP contribution in [0.25, 0.3) is 0 Å². The topological polar surface area (TPSA) is 111 Å². The van der Waals surface area contributed by atoms with Gasteiger partial charge in [0, 0.05) is 56.2 Å². The number of ether oxygens (including phenoxy) is 5. The quantitative estimate of drug-likeness (QED) is 0.161. The molecule has 1 saturated heterocycles. The van der Waals surface area contributed by atoms with Gasteiger partial charge in [-0.1, -0.05) is 6.07 Å². The molecular weight excluding hydrogens is 631 g/mol. The summed E-state index contributed by atoms with van der Waals surface area (Å²) in [5.74, 6) is 1.79. The first-order valence-corrected chi connectivity index (χ1v) is 16.0. The molecule has 5 rings (SSSR count). The molecule has 0 spiro atoms. The molecule has 4 aromatic rings. The summed E-state index contributed by atoms with van der Waals surface area (Å²) in [6.07, 6.45) is 1.58. The van der Waals surface area contributed by atoms with Gasteiger partial charge < -0.3 is 38.8 Å². The minimum Gasteiger partial charge on any atom is -0.497 e. The third-order valence-electron chi connectivity index (χ3n) is 8.13. The number of nitrogens with zero attached hydrogens (tertiary/aromatic N) is 5. The summed E-state index contributed by atoms with van der Waals surface area (Å²) in [6, 6.07) is 16.7. The van der Waals surface area contributed by atoms with Crippen LogP contribution in [0.15, 0.2) is 66.9 Å². The van der Waals surface area contributed by atoms with Crippen molar-refractivity contribution in [2.45, 2.75) is 19.9 Å². The summed E-state index contributed by atoms with van der Waals surface area (Å²) in [5, 5.41) is 3.03. The van der Waals surface area contributed by atoms with Crippen LogP contribution >= 0.6 is 0 Å². The molecule has 12 nitrogen and oxygen atoms in total. The third-order valence-corrected chi connectivity index (χ3v) is 8.13. The Balaban J connectivity index is 1.32. The number of benzene rings is 3. The Kier molecular flexibility index (Phi) is 12.1. The molecule has 0 saturated carbocycles. The normalized spacial score (nSPS) is 13.4. The SMILES string of the molecule is COc1ccc(OC)c(CN(C(=O)Oc2cc(C)ccc2OC)c2ccnc(Nc3ccc(OCCCN4CCN(C)CC4)c(F)c3)n2)c1. The van der Waals surface area contributed by atoms with Crippen molar-refractivity contribution in [1.29, 1.82) is 0 Å². The van der Waals surface area contributed by atoms with Crippen LogP contribution in [-0.2, 0) is 6.54 Å². The van der Waals surface area contributed by atoms with Gasteiger partial charge in [-0.3, -0.25) is 4.90 Å². The van der Waals surface area contributed by atoms with Crippen LogP contribution in [0.3, 0.4) is 0 Å². The van der Waals surface area contributed by atoms with Crippen LogP contribution < -0.4 is 33.9 Å². The van der Waals surface area contributed by atoms with Crippen LogP contribution in [0, 0.1) is 12.7 Å². The number of piperazine rings is 1. The van der Waals surface area contributed by atoms with Gasteiger partial charge in [0.1, 0.15) is 17.3 Å². The summed E-state index contributed by atoms with van der Waals surface area (Å²) in [5.41, 5.74) is 1.93. The van der Waals surface area contributed by atoms with E-state index >= 15 is 4.39 Å². The molecule has 3 aromatic carbocycles. The van der Waals surface area contributed by atoms with Crippen LogP contribution in [0.2, 0.25) is 0 Å². The standard InChI is InChI=1S/C36H43FN6O6/c1-25-7-10-32(47-5)33(21-25)49-36(44)43(24-26-22-28(45-3)9-12-30(26)46-4)34-13-14-38-35(40-34)39-27-8-11-31(29(37)23-27)48-20-6-15-42-18-16-41(2)17-19-42/h7-14,21-23H,6,15-20,24H2,1-5H3,(H,38,39,40). The van der Waals surface area contributed by atoms with E-state index in [-0.39, 0.29) is 29.8 Å². The Labute approximate surface area is 286 Å². The van der Waals surface area contributed by atoms with E-state index in [9.17, 15) is 4.79 Å². The number of hydrogen-bond acceptors (Lipinski definition) is 11. The number of amides is 1. The molecule has 1 aromatic heterocycles. The molecule has 0 unspecified atom stereocenters. The third kappa shape index (κ3) is 9.48. The van der Waals surface area contributed by atoms with Crippen molar-refractivity contribution in [2.24, 2.45) is 0 Å². The number of carbonyl (C=O) groups is 1. The highest BCUT2D eigenvalue weighted by Gasteiger charge is 2.24. The lowest BCUT2D eigenvalue weighted by atomic mass is 10.1. The average molecular weight is 675 g/mol. The predicted octanol–water partition coefficient (Wildman–Crippen LogP) is 5.92. The van der Waals surface area contributed by atoms with Crippen molar-refractivity contribution in [1.82, 2.24) is 19.8 Å². The summed E-state index contributed by atoms with van der Waals surface area (Å²) >= 11 is 0. The fraction of sp³-hybridized carbons (Fsp3) is 0.361. The van der Waals surface area contributed by atoms with Gasteiger partial charge in [-0.25, -0.2) is 14.2 Å². The van der Waals surface area contributed by atoms with Gasteiger partial charge in [-0.15, -0.1) is 0 Å². The summed E-state index contributed by atoms with van der Waals surface area (Å²) in [4.78, 5) is 28.8. The molecule has 49 heavy (non-hydrogen) atoms. The van der Waals surface area contributed by atoms with Crippen LogP contribution in [0.4, 0.5) is 26.6 Å². The molecular formula is C36H43FN6O6. The molecule has 0 bridgehead atoms. The number of rotatable bonds is 14. The second-order valence-electron chi connectivity index (χ2n) is 11.6. The number of anilines is 3. The number of halogens is 1. The van der Waals surface area contributed by atoms with Crippen molar-refractivity contribution in [3.05, 3.63) is 83.8 Å². The minimum absolute atomic E-state index is 0.0132. The largest absolute Gasteiger partial charge is 0.497 e. The zero-order valence-corrected chi connectivity index (χ0v) is 28.6. The number of nitrogens with one attached hydrogen (secondary N) is 1. The van der Waals surface area contributed by atoms with Crippen molar-refractivity contribution in [3.8, 4) is 28.7 Å². The van der Waals surface area contributed by atoms with Crippen molar-refractivity contribution in [3.63, 3.8) is 0 Å². The van der Waals surface area contributed by atoms with Gasteiger partial charge >= 0.3 is 6.09 Å². The smallest absolute Gasteiger partial charge is 0.421 e. The van der Waals surface area contributed by atoms with E-state index in [1.54, 1.807) is 62.8 Å². The van der Waals surface area contributed by atoms with E-state index in [4.69, 9.17) is 23.7 Å². The lowest BCUT2D eigenvalue weighted by Crippen LogP contribution is -2.44. The number of hydrogen-bond donors (Lipinski definition) is 1. The van der Waals surface area contributed by atoms with Gasteiger partial charge in [-0.2, -0.15) is 4.98 Å². The fourth-order valence-corrected chi connectivity index (χ4v) is 5.35. The molecule has 260 valence electrons. The Morgan fingerprint density at radius 3 is 2.39 bits per heavy atom. The molecule has 0 radical (unpaired) electrons. The monoisotopic (exact) mass is 674 g/mol. The Morgan fingerprint density at radius 1 is 0.898 bits per heavy atom. The molecule has 1 N–H and O–H groups in total. The minimum atomic E-state index is -0.724. The number of methoxy groups -OCH3 is 3. The number of aryl methyl sites for hydroxylation is 1. The van der Waals surface area contributed by atoms with Crippen LogP contribution in [0.1, 0.15) is 17.5 Å². The Bertz CT molecular complexity index is 1720. The van der Waals surface area contributed by atoms with Crippen LogP contribution in [-0.4, -0.2) is 93.6 Å². The molecule has 1 fully saturated rings. The number of likely N-dealkylation sites (N-methyl/N-ethyl adjacent to an activating group) is 1. The molecule has 13 heteroatoms. The van der Waals surface area contributed by atoms with E-state index in [0.717, 1.165) is 44.7 Å². The molecule has 0 aliphatic carbocycles. The highest BCUT2D eigenvalue weighted by molar-refractivity contribution is 5.88. The van der Waals surface area contributed by atoms with Crippen molar-refractivity contribution >= 4 is 23.5 Å². The fourth-order valence-electron chi connectivity index (χ4n) is 5.35. The van der Waals surface area contributed by atoms with E-state index < -0.39 is 11.9 Å². The van der Waals surface area contributed by atoms with Gasteiger partial charge in [0.25, 0.3) is 0 Å². The van der Waals surface area contributed by atoms with Gasteiger partial charge in [0.05, 0.1) is 34.5 Å². The maximum absolute atomic E-state index is 15.0. The lowest BCUT2D eigenvalue weighted by Gasteiger charge is -2.32. The average Bonchev–Trinajstić information content (AvgIpc) is 3.10. The highest BCUT2D eigenvalue weighted by atomic mass is 19.1. The van der Waals surface area contributed by atoms with E-state index in [2.05, 4.69) is 32.1 Å². The second-order valence-corrected chi connectivity index (χ2v) is 11.6. The van der Waals surface area contributed by atoms with Crippen molar-refractivity contribution < 1.29 is 32.9 Å². The number of carbonyl (C=O) groups excluding carboxylic acids is 1. The zero-order chi connectivity index (χ0) is 34.8. The predicted molar refractivity (Wildman–Crippen MR) is 185 cm³/mol. The summed E-state index contributed by atoms with van der Waals surface area (Å²) < 4.78 is 43.0. The maximum atomic E-state index is 15.0.